The molecule has 7 heteroatoms. The van der Waals surface area contributed by atoms with Crippen LogP contribution in [0.4, 0.5) is 5.82 Å². The summed E-state index contributed by atoms with van der Waals surface area (Å²) in [7, 11) is 3.37. The van der Waals surface area contributed by atoms with Crippen molar-refractivity contribution in [3.63, 3.8) is 0 Å². The van der Waals surface area contributed by atoms with E-state index in [0.29, 0.717) is 23.1 Å². The molecule has 0 saturated carbocycles. The van der Waals surface area contributed by atoms with Gasteiger partial charge >= 0.3 is 0 Å². The van der Waals surface area contributed by atoms with Gasteiger partial charge in [0.2, 0.25) is 6.79 Å². The topological polar surface area (TPSA) is 71.5 Å². The Morgan fingerprint density at radius 1 is 1.47 bits per heavy atom. The Labute approximate surface area is 118 Å². The number of benzene rings is 1. The van der Waals surface area contributed by atoms with E-state index in [1.807, 2.05) is 6.07 Å². The van der Waals surface area contributed by atoms with Crippen LogP contribution in [0.25, 0.3) is 11.1 Å². The molecule has 2 N–H and O–H groups in total. The van der Waals surface area contributed by atoms with E-state index >= 15 is 0 Å². The fourth-order valence-corrected chi connectivity index (χ4v) is 2.65. The number of halogens is 1. The van der Waals surface area contributed by atoms with Gasteiger partial charge in [-0.15, -0.1) is 0 Å². The van der Waals surface area contributed by atoms with Gasteiger partial charge in [-0.1, -0.05) is 0 Å². The van der Waals surface area contributed by atoms with E-state index in [9.17, 15) is 0 Å². The molecule has 0 bridgehead atoms. The Morgan fingerprint density at radius 3 is 2.89 bits per heavy atom. The van der Waals surface area contributed by atoms with Crippen LogP contribution in [0.3, 0.4) is 0 Å². The third kappa shape index (κ3) is 1.73. The van der Waals surface area contributed by atoms with Crippen molar-refractivity contribution in [2.24, 2.45) is 7.05 Å². The average molecular weight is 326 g/mol. The normalized spacial score (nSPS) is 12.8. The minimum Gasteiger partial charge on any atom is -0.495 e. The lowest BCUT2D eigenvalue weighted by atomic mass is 10.1. The Balaban J connectivity index is 2.33. The van der Waals surface area contributed by atoms with E-state index in [4.69, 9.17) is 19.9 Å². The number of aryl methyl sites for hydroxylation is 1. The van der Waals surface area contributed by atoms with Gasteiger partial charge in [-0.3, -0.25) is 4.68 Å². The molecule has 100 valence electrons. The molecule has 0 atom stereocenters. The maximum atomic E-state index is 6.04. The highest BCUT2D eigenvalue weighted by Gasteiger charge is 2.27. The van der Waals surface area contributed by atoms with E-state index < -0.39 is 0 Å². The Bertz CT molecular complexity index is 650. The van der Waals surface area contributed by atoms with Crippen LogP contribution in [0.5, 0.6) is 17.2 Å². The summed E-state index contributed by atoms with van der Waals surface area (Å²) in [5, 5.41) is 4.15. The molecule has 1 aromatic heterocycles. The Kier molecular flexibility index (Phi) is 2.78. The summed E-state index contributed by atoms with van der Waals surface area (Å²) >= 11 is 3.46. The lowest BCUT2D eigenvalue weighted by Gasteiger charge is -2.13. The molecular formula is C12H12BrN3O3. The van der Waals surface area contributed by atoms with Gasteiger partial charge in [0.25, 0.3) is 0 Å². The second kappa shape index (κ2) is 4.34. The zero-order valence-corrected chi connectivity index (χ0v) is 12.0. The lowest BCUT2D eigenvalue weighted by molar-refractivity contribution is 0.174. The number of nitrogen functional groups attached to an aromatic ring is 1. The van der Waals surface area contributed by atoms with Gasteiger partial charge in [0.05, 0.1) is 28.9 Å². The molecule has 2 aromatic rings. The van der Waals surface area contributed by atoms with Gasteiger partial charge < -0.3 is 19.9 Å². The molecular weight excluding hydrogens is 314 g/mol. The highest BCUT2D eigenvalue weighted by atomic mass is 79.9. The SMILES string of the molecule is COc1c(Br)cc2c(c1-c1cnn(C)c1N)OCO2. The minimum absolute atomic E-state index is 0.183. The number of aromatic nitrogens is 2. The van der Waals surface area contributed by atoms with Gasteiger partial charge in [-0.2, -0.15) is 5.10 Å². The highest BCUT2D eigenvalue weighted by molar-refractivity contribution is 9.10. The zero-order valence-electron chi connectivity index (χ0n) is 10.4. The Hall–Kier alpha value is -1.89. The number of hydrogen-bond acceptors (Lipinski definition) is 5. The number of fused-ring (bicyclic) bond motifs is 1. The molecule has 0 aliphatic carbocycles. The highest BCUT2D eigenvalue weighted by Crippen LogP contribution is 2.51. The van der Waals surface area contributed by atoms with Crippen LogP contribution in [-0.2, 0) is 7.05 Å². The van der Waals surface area contributed by atoms with Crippen LogP contribution in [0.15, 0.2) is 16.7 Å². The first-order valence-corrected chi connectivity index (χ1v) is 6.36. The maximum Gasteiger partial charge on any atom is 0.231 e. The predicted molar refractivity (Wildman–Crippen MR) is 73.4 cm³/mol. The molecule has 3 rings (SSSR count). The summed E-state index contributed by atoms with van der Waals surface area (Å²) in [6.45, 7) is 0.183. The lowest BCUT2D eigenvalue weighted by Crippen LogP contribution is -1.99. The molecule has 0 spiro atoms. The first kappa shape index (κ1) is 12.2. The van der Waals surface area contributed by atoms with Crippen molar-refractivity contribution < 1.29 is 14.2 Å². The number of nitrogens with zero attached hydrogens (tertiary/aromatic N) is 2. The standard InChI is InChI=1S/C12H12BrN3O3/c1-16-12(14)6(4-15-16)9-10(17-2)7(13)3-8-11(9)19-5-18-8/h3-4H,5,14H2,1-2H3. The molecule has 0 fully saturated rings. The van der Waals surface area contributed by atoms with Crippen LogP contribution < -0.4 is 19.9 Å². The van der Waals surface area contributed by atoms with Crippen LogP contribution in [0, 0.1) is 0 Å². The monoisotopic (exact) mass is 325 g/mol. The van der Waals surface area contributed by atoms with E-state index in [2.05, 4.69) is 21.0 Å². The quantitative estimate of drug-likeness (QED) is 0.916. The first-order valence-electron chi connectivity index (χ1n) is 5.57. The van der Waals surface area contributed by atoms with Gasteiger partial charge in [0.15, 0.2) is 11.5 Å². The fraction of sp³-hybridized carbons (Fsp3) is 0.250. The van der Waals surface area contributed by atoms with Gasteiger partial charge in [0, 0.05) is 13.1 Å². The third-order valence-corrected chi connectivity index (χ3v) is 3.62. The van der Waals surface area contributed by atoms with Crippen LogP contribution >= 0.6 is 15.9 Å². The molecule has 0 radical (unpaired) electrons. The minimum atomic E-state index is 0.183. The molecule has 19 heavy (non-hydrogen) atoms. The van der Waals surface area contributed by atoms with E-state index in [1.165, 1.54) is 0 Å². The summed E-state index contributed by atoms with van der Waals surface area (Å²) in [5.41, 5.74) is 7.53. The van der Waals surface area contributed by atoms with Gasteiger partial charge in [-0.25, -0.2) is 0 Å². The van der Waals surface area contributed by atoms with E-state index in [1.54, 1.807) is 25.0 Å². The number of methoxy groups -OCH3 is 1. The van der Waals surface area contributed by atoms with E-state index in [0.717, 1.165) is 15.6 Å². The van der Waals surface area contributed by atoms with E-state index in [-0.39, 0.29) is 6.79 Å². The molecule has 1 aliphatic rings. The fourth-order valence-electron chi connectivity index (χ4n) is 2.08. The summed E-state index contributed by atoms with van der Waals surface area (Å²) in [6.07, 6.45) is 1.68. The van der Waals surface area contributed by atoms with Crippen molar-refractivity contribution in [2.45, 2.75) is 0 Å². The molecule has 0 amide bonds. The van der Waals surface area contributed by atoms with Crippen LogP contribution in [0.1, 0.15) is 0 Å². The molecule has 1 aliphatic heterocycles. The van der Waals surface area contributed by atoms with Gasteiger partial charge in [-0.05, 0) is 15.9 Å². The second-order valence-corrected chi connectivity index (χ2v) is 4.92. The smallest absolute Gasteiger partial charge is 0.231 e. The summed E-state index contributed by atoms with van der Waals surface area (Å²) < 4.78 is 18.8. The summed E-state index contributed by atoms with van der Waals surface area (Å²) in [6, 6.07) is 1.82. The largest absolute Gasteiger partial charge is 0.495 e. The number of ether oxygens (including phenoxy) is 3. The number of hydrogen-bond donors (Lipinski definition) is 1. The molecule has 0 unspecified atom stereocenters. The summed E-state index contributed by atoms with van der Waals surface area (Å²) in [4.78, 5) is 0. The van der Waals surface area contributed by atoms with Crippen molar-refractivity contribution in [3.05, 3.63) is 16.7 Å². The van der Waals surface area contributed by atoms with Crippen LogP contribution in [0.2, 0.25) is 0 Å². The second-order valence-electron chi connectivity index (χ2n) is 4.07. The third-order valence-electron chi connectivity index (χ3n) is 3.03. The molecule has 6 nitrogen and oxygen atoms in total. The number of anilines is 1. The molecule has 0 saturated heterocycles. The van der Waals surface area contributed by atoms with Crippen molar-refractivity contribution in [1.82, 2.24) is 9.78 Å². The van der Waals surface area contributed by atoms with Crippen molar-refractivity contribution in [2.75, 3.05) is 19.6 Å². The van der Waals surface area contributed by atoms with Gasteiger partial charge in [0.1, 0.15) is 11.6 Å². The predicted octanol–water partition coefficient (Wildman–Crippen LogP) is 2.17. The summed E-state index contributed by atoms with van der Waals surface area (Å²) in [5.74, 6) is 2.46. The first-order chi connectivity index (χ1) is 9.13. The number of rotatable bonds is 2. The van der Waals surface area contributed by atoms with Crippen molar-refractivity contribution in [3.8, 4) is 28.4 Å². The maximum absolute atomic E-state index is 6.04. The van der Waals surface area contributed by atoms with Crippen LogP contribution in [-0.4, -0.2) is 23.7 Å². The average Bonchev–Trinajstić information content (AvgIpc) is 2.96. The number of nitrogens with two attached hydrogens (primary N) is 1. The molecule has 1 aromatic carbocycles. The molecule has 2 heterocycles. The Morgan fingerprint density at radius 2 is 2.26 bits per heavy atom. The van der Waals surface area contributed by atoms with Crippen molar-refractivity contribution >= 4 is 21.7 Å². The van der Waals surface area contributed by atoms with Crippen molar-refractivity contribution in [1.29, 1.82) is 0 Å². The zero-order chi connectivity index (χ0) is 13.6.